The first-order valence-electron chi connectivity index (χ1n) is 10.4. The van der Waals surface area contributed by atoms with Crippen LogP contribution in [-0.4, -0.2) is 5.78 Å². The van der Waals surface area contributed by atoms with Crippen molar-refractivity contribution >= 4 is 5.78 Å². The van der Waals surface area contributed by atoms with Crippen LogP contribution in [0.5, 0.6) is 0 Å². The molecule has 0 aromatic heterocycles. The Hall–Kier alpha value is -1.37. The number of ketones is 1. The van der Waals surface area contributed by atoms with E-state index in [1.807, 2.05) is 0 Å². The van der Waals surface area contributed by atoms with E-state index in [0.717, 1.165) is 25.7 Å². The van der Waals surface area contributed by atoms with Crippen LogP contribution in [0.3, 0.4) is 0 Å². The maximum Gasteiger partial charge on any atom is 0.167 e. The van der Waals surface area contributed by atoms with Crippen molar-refractivity contribution in [2.45, 2.75) is 85.0 Å². The summed E-state index contributed by atoms with van der Waals surface area (Å²) < 4.78 is 0. The van der Waals surface area contributed by atoms with Gasteiger partial charge in [-0.2, -0.15) is 0 Å². The zero-order chi connectivity index (χ0) is 17.3. The minimum absolute atomic E-state index is 0.0453. The Morgan fingerprint density at radius 2 is 1.32 bits per heavy atom. The minimum atomic E-state index is 0.0453. The quantitative estimate of drug-likeness (QED) is 0.569. The number of allylic oxidation sites excluding steroid dienone is 2. The molecule has 1 aromatic rings. The lowest BCUT2D eigenvalue weighted by molar-refractivity contribution is 0.0794. The van der Waals surface area contributed by atoms with Gasteiger partial charge in [0.15, 0.2) is 5.78 Å². The van der Waals surface area contributed by atoms with Gasteiger partial charge in [-0.1, -0.05) is 25.0 Å². The molecule has 132 valence electrons. The number of hydrogen-bond acceptors (Lipinski definition) is 1. The SMILES string of the molecule is CC1=C2CCc3c4c(c5c(c3C(=O)C(CC1)C2(C)C)CC5)CCCC4. The monoisotopic (exact) mass is 334 g/mol. The van der Waals surface area contributed by atoms with Crippen LogP contribution in [-0.2, 0) is 32.1 Å². The van der Waals surface area contributed by atoms with Crippen molar-refractivity contribution in [3.05, 3.63) is 44.5 Å². The molecule has 0 aliphatic heterocycles. The molecule has 4 aliphatic carbocycles. The molecule has 25 heavy (non-hydrogen) atoms. The van der Waals surface area contributed by atoms with Gasteiger partial charge in [0.1, 0.15) is 0 Å². The van der Waals surface area contributed by atoms with E-state index in [-0.39, 0.29) is 11.3 Å². The number of benzene rings is 1. The van der Waals surface area contributed by atoms with Gasteiger partial charge in [0.05, 0.1) is 0 Å². The van der Waals surface area contributed by atoms with E-state index < -0.39 is 0 Å². The van der Waals surface area contributed by atoms with Crippen molar-refractivity contribution in [2.24, 2.45) is 11.3 Å². The van der Waals surface area contributed by atoms with Gasteiger partial charge in [0.25, 0.3) is 0 Å². The summed E-state index contributed by atoms with van der Waals surface area (Å²) in [5.41, 5.74) is 12.2. The third-order valence-corrected chi connectivity index (χ3v) is 7.95. The Bertz CT molecular complexity index is 821. The van der Waals surface area contributed by atoms with E-state index in [1.54, 1.807) is 27.8 Å². The van der Waals surface area contributed by atoms with Gasteiger partial charge in [-0.3, -0.25) is 4.79 Å². The fourth-order valence-electron chi connectivity index (χ4n) is 6.51. The van der Waals surface area contributed by atoms with Crippen LogP contribution in [0, 0.1) is 11.3 Å². The first-order valence-corrected chi connectivity index (χ1v) is 10.4. The minimum Gasteiger partial charge on any atom is -0.294 e. The van der Waals surface area contributed by atoms with Crippen LogP contribution in [0.2, 0.25) is 0 Å². The molecule has 0 amide bonds. The van der Waals surface area contributed by atoms with Crippen molar-refractivity contribution in [2.75, 3.05) is 0 Å². The molecular weight excluding hydrogens is 304 g/mol. The van der Waals surface area contributed by atoms with Crippen molar-refractivity contribution in [3.63, 3.8) is 0 Å². The molecule has 5 rings (SSSR count). The van der Waals surface area contributed by atoms with Gasteiger partial charge in [-0.05, 0) is 104 Å². The lowest BCUT2D eigenvalue weighted by atomic mass is 9.58. The number of carbonyl (C=O) groups is 1. The van der Waals surface area contributed by atoms with E-state index in [2.05, 4.69) is 20.8 Å². The first kappa shape index (κ1) is 15.9. The molecule has 0 heterocycles. The van der Waals surface area contributed by atoms with Crippen LogP contribution in [0.15, 0.2) is 11.1 Å². The third-order valence-electron chi connectivity index (χ3n) is 7.95. The van der Waals surface area contributed by atoms with E-state index in [0.29, 0.717) is 5.78 Å². The van der Waals surface area contributed by atoms with Gasteiger partial charge in [-0.15, -0.1) is 0 Å². The number of hydrogen-bond donors (Lipinski definition) is 0. The Labute approximate surface area is 151 Å². The number of fused-ring (bicyclic) bond motifs is 8. The highest BCUT2D eigenvalue weighted by molar-refractivity contribution is 6.03. The van der Waals surface area contributed by atoms with Gasteiger partial charge in [0, 0.05) is 11.5 Å². The number of rotatable bonds is 0. The second kappa shape index (κ2) is 5.32. The molecule has 1 nitrogen and oxygen atoms in total. The molecule has 0 radical (unpaired) electrons. The fraction of sp³-hybridized carbons (Fsp3) is 0.625. The molecule has 1 atom stereocenters. The molecule has 1 heteroatoms. The van der Waals surface area contributed by atoms with Crippen molar-refractivity contribution in [3.8, 4) is 0 Å². The molecular formula is C24H30O. The standard InChI is InChI=1S/C24H30O/c1-14-8-12-21-23(25)22-18-10-9-17(18)15-6-4-5-7-16(15)19(22)11-13-20(14)24(21,2)3/h21H,4-13H2,1-3H3. The Morgan fingerprint density at radius 1 is 0.760 bits per heavy atom. The maximum absolute atomic E-state index is 13.8. The summed E-state index contributed by atoms with van der Waals surface area (Å²) in [6, 6.07) is 0. The van der Waals surface area contributed by atoms with E-state index in [9.17, 15) is 4.79 Å². The van der Waals surface area contributed by atoms with E-state index in [4.69, 9.17) is 0 Å². The van der Waals surface area contributed by atoms with Gasteiger partial charge in [-0.25, -0.2) is 0 Å². The summed E-state index contributed by atoms with van der Waals surface area (Å²) in [5.74, 6) is 0.686. The Kier molecular flexibility index (Phi) is 3.37. The molecule has 4 aliphatic rings. The van der Waals surface area contributed by atoms with Gasteiger partial charge >= 0.3 is 0 Å². The first-order chi connectivity index (χ1) is 12.0. The van der Waals surface area contributed by atoms with Crippen molar-refractivity contribution in [1.82, 2.24) is 0 Å². The Balaban J connectivity index is 1.76. The summed E-state index contributed by atoms with van der Waals surface area (Å²) in [7, 11) is 0. The second-order valence-electron chi connectivity index (χ2n) is 9.41. The molecule has 2 bridgehead atoms. The smallest absolute Gasteiger partial charge is 0.167 e. The average molecular weight is 335 g/mol. The molecule has 1 unspecified atom stereocenters. The lowest BCUT2D eigenvalue weighted by Gasteiger charge is -2.45. The predicted molar refractivity (Wildman–Crippen MR) is 102 cm³/mol. The van der Waals surface area contributed by atoms with E-state index >= 15 is 0 Å². The van der Waals surface area contributed by atoms with Crippen molar-refractivity contribution in [1.29, 1.82) is 0 Å². The average Bonchev–Trinajstić information content (AvgIpc) is 2.54. The van der Waals surface area contributed by atoms with Crippen LogP contribution >= 0.6 is 0 Å². The fourth-order valence-corrected chi connectivity index (χ4v) is 6.51. The highest BCUT2D eigenvalue weighted by Gasteiger charge is 2.45. The van der Waals surface area contributed by atoms with Crippen LogP contribution in [0.4, 0.5) is 0 Å². The van der Waals surface area contributed by atoms with Gasteiger partial charge < -0.3 is 0 Å². The summed E-state index contributed by atoms with van der Waals surface area (Å²) in [6.07, 6.45) is 11.9. The molecule has 0 saturated heterocycles. The molecule has 1 aromatic carbocycles. The van der Waals surface area contributed by atoms with E-state index in [1.165, 1.54) is 55.2 Å². The summed E-state index contributed by atoms with van der Waals surface area (Å²) >= 11 is 0. The van der Waals surface area contributed by atoms with Crippen LogP contribution < -0.4 is 0 Å². The maximum atomic E-state index is 13.8. The molecule has 0 fully saturated rings. The van der Waals surface area contributed by atoms with Gasteiger partial charge in [0.2, 0.25) is 0 Å². The molecule has 0 N–H and O–H groups in total. The molecule has 0 saturated carbocycles. The summed E-state index contributed by atoms with van der Waals surface area (Å²) in [4.78, 5) is 13.8. The molecule has 0 spiro atoms. The predicted octanol–water partition coefficient (Wildman–Crippen LogP) is 5.55. The second-order valence-corrected chi connectivity index (χ2v) is 9.41. The topological polar surface area (TPSA) is 17.1 Å². The number of Topliss-reactive ketones (excluding diaryl/α,β-unsaturated/α-hetero) is 1. The number of carbonyl (C=O) groups excluding carboxylic acids is 1. The van der Waals surface area contributed by atoms with Crippen molar-refractivity contribution < 1.29 is 4.79 Å². The largest absolute Gasteiger partial charge is 0.294 e. The summed E-state index contributed by atoms with van der Waals surface area (Å²) in [6.45, 7) is 6.99. The Morgan fingerprint density at radius 3 is 1.96 bits per heavy atom. The zero-order valence-corrected chi connectivity index (χ0v) is 16.1. The highest BCUT2D eigenvalue weighted by Crippen LogP contribution is 2.51. The normalized spacial score (nSPS) is 26.8. The van der Waals surface area contributed by atoms with Crippen LogP contribution in [0.25, 0.3) is 0 Å². The highest BCUT2D eigenvalue weighted by atomic mass is 16.1. The lowest BCUT2D eigenvalue weighted by Crippen LogP contribution is -2.40. The van der Waals surface area contributed by atoms with Crippen LogP contribution in [0.1, 0.15) is 91.1 Å². The third kappa shape index (κ3) is 2.04. The zero-order valence-electron chi connectivity index (χ0n) is 16.1. The summed E-state index contributed by atoms with van der Waals surface area (Å²) in [5, 5.41) is 0.